The summed E-state index contributed by atoms with van der Waals surface area (Å²) in [6.07, 6.45) is 6.14. The van der Waals surface area contributed by atoms with Crippen LogP contribution in [0.3, 0.4) is 0 Å². The second kappa shape index (κ2) is 4.82. The third-order valence-electron chi connectivity index (χ3n) is 4.25. The first kappa shape index (κ1) is 13.0. The van der Waals surface area contributed by atoms with Gasteiger partial charge >= 0.3 is 5.97 Å². The van der Waals surface area contributed by atoms with Crippen LogP contribution in [0, 0.1) is 0 Å². The van der Waals surface area contributed by atoms with Crippen LogP contribution in [0.4, 0.5) is 0 Å². The SMILES string of the molecule is CCOC(=O)C1=C(O)CC2(C=Cc3ccccc32)CC1. The summed E-state index contributed by atoms with van der Waals surface area (Å²) >= 11 is 0. The number of aliphatic hydroxyl groups is 1. The van der Waals surface area contributed by atoms with Gasteiger partial charge in [-0.2, -0.15) is 0 Å². The topological polar surface area (TPSA) is 46.5 Å². The Hall–Kier alpha value is -2.03. The molecule has 1 aromatic rings. The molecule has 1 N–H and O–H groups in total. The second-order valence-corrected chi connectivity index (χ2v) is 5.40. The minimum absolute atomic E-state index is 0.156. The molecule has 1 spiro atoms. The van der Waals surface area contributed by atoms with Crippen molar-refractivity contribution in [2.45, 2.75) is 31.6 Å². The van der Waals surface area contributed by atoms with Crippen molar-refractivity contribution in [1.29, 1.82) is 0 Å². The number of rotatable bonds is 2. The Balaban J connectivity index is 1.92. The van der Waals surface area contributed by atoms with Crippen molar-refractivity contribution < 1.29 is 14.6 Å². The Morgan fingerprint density at radius 1 is 1.40 bits per heavy atom. The lowest BCUT2D eigenvalue weighted by molar-refractivity contribution is -0.139. The molecule has 2 aliphatic rings. The van der Waals surface area contributed by atoms with Crippen LogP contribution < -0.4 is 0 Å². The highest BCUT2D eigenvalue weighted by Crippen LogP contribution is 2.47. The second-order valence-electron chi connectivity index (χ2n) is 5.40. The van der Waals surface area contributed by atoms with E-state index in [1.54, 1.807) is 6.92 Å². The van der Waals surface area contributed by atoms with Crippen molar-refractivity contribution in [1.82, 2.24) is 0 Å². The summed E-state index contributed by atoms with van der Waals surface area (Å²) in [5.41, 5.74) is 2.74. The third-order valence-corrected chi connectivity index (χ3v) is 4.25. The lowest BCUT2D eigenvalue weighted by atomic mass is 9.71. The largest absolute Gasteiger partial charge is 0.512 e. The van der Waals surface area contributed by atoms with Gasteiger partial charge in [-0.15, -0.1) is 0 Å². The van der Waals surface area contributed by atoms with Gasteiger partial charge in [-0.25, -0.2) is 4.79 Å². The van der Waals surface area contributed by atoms with E-state index >= 15 is 0 Å². The van der Waals surface area contributed by atoms with Crippen molar-refractivity contribution in [3.63, 3.8) is 0 Å². The Morgan fingerprint density at radius 2 is 2.20 bits per heavy atom. The van der Waals surface area contributed by atoms with Crippen molar-refractivity contribution in [3.05, 3.63) is 52.8 Å². The number of carbonyl (C=O) groups excluding carboxylic acids is 1. The van der Waals surface area contributed by atoms with E-state index in [2.05, 4.69) is 24.3 Å². The van der Waals surface area contributed by atoms with Crippen molar-refractivity contribution >= 4 is 12.0 Å². The number of ether oxygens (including phenoxy) is 1. The molecule has 1 atom stereocenters. The number of carbonyl (C=O) groups is 1. The van der Waals surface area contributed by atoms with Crippen LogP contribution in [0.5, 0.6) is 0 Å². The summed E-state index contributed by atoms with van der Waals surface area (Å²) < 4.78 is 5.00. The minimum atomic E-state index is -0.380. The fraction of sp³-hybridized carbons (Fsp3) is 0.353. The quantitative estimate of drug-likeness (QED) is 0.836. The van der Waals surface area contributed by atoms with Gasteiger partial charge < -0.3 is 9.84 Å². The first-order chi connectivity index (χ1) is 9.66. The predicted octanol–water partition coefficient (Wildman–Crippen LogP) is 3.51. The maximum Gasteiger partial charge on any atom is 0.337 e. The zero-order valence-electron chi connectivity index (χ0n) is 11.6. The van der Waals surface area contributed by atoms with Gasteiger partial charge in [0.25, 0.3) is 0 Å². The minimum Gasteiger partial charge on any atom is -0.512 e. The standard InChI is InChI=1S/C17H18O3/c1-2-20-16(19)13-8-10-17(11-15(13)18)9-7-12-5-3-4-6-14(12)17/h3-7,9,18H,2,8,10-11H2,1H3. The molecule has 0 fully saturated rings. The predicted molar refractivity (Wildman–Crippen MR) is 77.3 cm³/mol. The molecule has 3 rings (SSSR count). The van der Waals surface area contributed by atoms with Crippen LogP contribution >= 0.6 is 0 Å². The molecule has 0 amide bonds. The molecule has 104 valence electrons. The highest BCUT2D eigenvalue weighted by Gasteiger charge is 2.40. The highest BCUT2D eigenvalue weighted by molar-refractivity contribution is 5.89. The third kappa shape index (κ3) is 1.94. The van der Waals surface area contributed by atoms with E-state index in [4.69, 9.17) is 4.74 Å². The molecule has 20 heavy (non-hydrogen) atoms. The lowest BCUT2D eigenvalue weighted by Crippen LogP contribution is -2.29. The van der Waals surface area contributed by atoms with Crippen LogP contribution in [0.2, 0.25) is 0 Å². The molecule has 0 saturated carbocycles. The zero-order valence-corrected chi connectivity index (χ0v) is 11.6. The summed E-state index contributed by atoms with van der Waals surface area (Å²) in [5.74, 6) is -0.203. The summed E-state index contributed by atoms with van der Waals surface area (Å²) in [7, 11) is 0. The van der Waals surface area contributed by atoms with Gasteiger partial charge in [0.1, 0.15) is 5.76 Å². The fourth-order valence-electron chi connectivity index (χ4n) is 3.23. The molecule has 3 heteroatoms. The molecule has 1 unspecified atom stereocenters. The summed E-state index contributed by atoms with van der Waals surface area (Å²) in [4.78, 5) is 11.8. The normalized spacial score (nSPS) is 24.1. The van der Waals surface area contributed by atoms with Crippen LogP contribution in [0.25, 0.3) is 6.08 Å². The van der Waals surface area contributed by atoms with Gasteiger partial charge in [0.2, 0.25) is 0 Å². The Labute approximate surface area is 118 Å². The molecule has 1 aromatic carbocycles. The molecular formula is C17H18O3. The van der Waals surface area contributed by atoms with E-state index in [-0.39, 0.29) is 17.1 Å². The Kier molecular flexibility index (Phi) is 3.13. The molecule has 0 aromatic heterocycles. The van der Waals surface area contributed by atoms with Gasteiger partial charge in [-0.05, 0) is 30.9 Å². The Morgan fingerprint density at radius 3 is 2.95 bits per heavy atom. The number of aliphatic hydroxyl groups excluding tert-OH is 1. The van der Waals surface area contributed by atoms with E-state index in [0.717, 1.165) is 6.42 Å². The van der Waals surface area contributed by atoms with Crippen molar-refractivity contribution in [2.24, 2.45) is 0 Å². The van der Waals surface area contributed by atoms with Crippen LogP contribution in [-0.2, 0) is 14.9 Å². The van der Waals surface area contributed by atoms with E-state index in [1.165, 1.54) is 11.1 Å². The van der Waals surface area contributed by atoms with E-state index < -0.39 is 0 Å². The Bertz CT molecular complexity index is 612. The average molecular weight is 270 g/mol. The zero-order chi connectivity index (χ0) is 14.2. The van der Waals surface area contributed by atoms with E-state index in [1.807, 2.05) is 12.1 Å². The summed E-state index contributed by atoms with van der Waals surface area (Å²) in [6.45, 7) is 2.11. The molecule has 2 aliphatic carbocycles. The number of hydrogen-bond acceptors (Lipinski definition) is 3. The van der Waals surface area contributed by atoms with E-state index in [0.29, 0.717) is 25.0 Å². The van der Waals surface area contributed by atoms with Gasteiger partial charge in [-0.1, -0.05) is 36.4 Å². The molecule has 0 radical (unpaired) electrons. The van der Waals surface area contributed by atoms with Crippen LogP contribution in [-0.4, -0.2) is 17.7 Å². The molecule has 3 nitrogen and oxygen atoms in total. The monoisotopic (exact) mass is 270 g/mol. The average Bonchev–Trinajstić information content (AvgIpc) is 2.78. The lowest BCUT2D eigenvalue weighted by Gasteiger charge is -2.33. The number of benzene rings is 1. The molecular weight excluding hydrogens is 252 g/mol. The van der Waals surface area contributed by atoms with Crippen LogP contribution in [0.15, 0.2) is 41.7 Å². The number of fused-ring (bicyclic) bond motifs is 2. The fourth-order valence-corrected chi connectivity index (χ4v) is 3.23. The van der Waals surface area contributed by atoms with Gasteiger partial charge in [0, 0.05) is 11.8 Å². The van der Waals surface area contributed by atoms with Gasteiger partial charge in [0.15, 0.2) is 0 Å². The van der Waals surface area contributed by atoms with Gasteiger partial charge in [0.05, 0.1) is 12.2 Å². The maximum atomic E-state index is 11.8. The van der Waals surface area contributed by atoms with E-state index in [9.17, 15) is 9.90 Å². The summed E-state index contributed by atoms with van der Waals surface area (Å²) in [5, 5.41) is 10.3. The number of hydrogen-bond donors (Lipinski definition) is 1. The smallest absolute Gasteiger partial charge is 0.337 e. The molecule has 0 heterocycles. The molecule has 0 saturated heterocycles. The first-order valence-corrected chi connectivity index (χ1v) is 7.03. The first-order valence-electron chi connectivity index (χ1n) is 7.03. The summed E-state index contributed by atoms with van der Waals surface area (Å²) in [6, 6.07) is 8.24. The number of allylic oxidation sites excluding steroid dienone is 2. The van der Waals surface area contributed by atoms with Gasteiger partial charge in [-0.3, -0.25) is 0 Å². The number of esters is 1. The molecule has 0 bridgehead atoms. The maximum absolute atomic E-state index is 11.8. The van der Waals surface area contributed by atoms with Crippen molar-refractivity contribution in [3.8, 4) is 0 Å². The molecule has 0 aliphatic heterocycles. The highest BCUT2D eigenvalue weighted by atomic mass is 16.5. The van der Waals surface area contributed by atoms with Crippen molar-refractivity contribution in [2.75, 3.05) is 6.61 Å². The van der Waals surface area contributed by atoms with Crippen LogP contribution in [0.1, 0.15) is 37.3 Å².